The van der Waals surface area contributed by atoms with Crippen molar-refractivity contribution in [3.63, 3.8) is 0 Å². The Balaban J connectivity index is 0.000000202. The van der Waals surface area contributed by atoms with Crippen LogP contribution in [0, 0.1) is 13.8 Å². The fourth-order valence-electron chi connectivity index (χ4n) is 7.24. The van der Waals surface area contributed by atoms with E-state index in [1.807, 2.05) is 115 Å². The second-order valence-corrected chi connectivity index (χ2v) is 14.6. The number of aryl methyl sites for hydroxylation is 2. The highest BCUT2D eigenvalue weighted by molar-refractivity contribution is 5.83. The molecule has 8 heteroatoms. The van der Waals surface area contributed by atoms with Crippen molar-refractivity contribution in [2.45, 2.75) is 111 Å². The Labute approximate surface area is 308 Å². The van der Waals surface area contributed by atoms with E-state index in [1.165, 1.54) is 11.1 Å². The van der Waals surface area contributed by atoms with Gasteiger partial charge >= 0.3 is 11.9 Å². The van der Waals surface area contributed by atoms with Crippen LogP contribution in [0.2, 0.25) is 0 Å². The van der Waals surface area contributed by atoms with Gasteiger partial charge in [-0.2, -0.15) is 0 Å². The third-order valence-corrected chi connectivity index (χ3v) is 9.81. The molecule has 6 rings (SSSR count). The van der Waals surface area contributed by atoms with Gasteiger partial charge in [0.15, 0.2) is 0 Å². The summed E-state index contributed by atoms with van der Waals surface area (Å²) >= 11 is 0. The van der Waals surface area contributed by atoms with Crippen molar-refractivity contribution in [2.24, 2.45) is 0 Å². The standard InChI is InChI=1S/C23H29NO3.C21H25NO3/c1-5-26-22(25)23(13-18-10-6-7-11-19(18)14-23)24-15-20-12-8-9-17(4)21(20)27-16(2)3;1-14(2)25-19-15(3)7-6-10-18(19)13-22-21(20(23)24)11-16-8-4-5-9-17(16)12-21/h6-12,16,24H,5,13-15H2,1-4H3;4-10,14,22H,11-13H2,1-3H3,(H,23,24). The molecular formula is C44H54N2O6. The minimum absolute atomic E-state index is 0.0732. The molecule has 2 aliphatic carbocycles. The first-order valence-electron chi connectivity index (χ1n) is 18.4. The van der Waals surface area contributed by atoms with Crippen molar-refractivity contribution in [1.29, 1.82) is 0 Å². The van der Waals surface area contributed by atoms with Crippen molar-refractivity contribution in [3.8, 4) is 11.5 Å². The summed E-state index contributed by atoms with van der Waals surface area (Å²) in [4.78, 5) is 24.9. The van der Waals surface area contributed by atoms with E-state index in [1.54, 1.807) is 0 Å². The van der Waals surface area contributed by atoms with Crippen molar-refractivity contribution < 1.29 is 28.9 Å². The van der Waals surface area contributed by atoms with Crippen LogP contribution in [0.1, 0.15) is 79.1 Å². The van der Waals surface area contributed by atoms with Crippen LogP contribution in [-0.4, -0.2) is 46.9 Å². The van der Waals surface area contributed by atoms with Crippen LogP contribution in [0.25, 0.3) is 0 Å². The number of fused-ring (bicyclic) bond motifs is 2. The first-order chi connectivity index (χ1) is 24.9. The summed E-state index contributed by atoms with van der Waals surface area (Å²) in [6.07, 6.45) is 2.47. The molecule has 0 spiro atoms. The van der Waals surface area contributed by atoms with Gasteiger partial charge in [-0.25, -0.2) is 0 Å². The summed E-state index contributed by atoms with van der Waals surface area (Å²) in [5.41, 5.74) is 7.17. The monoisotopic (exact) mass is 706 g/mol. The molecule has 3 N–H and O–H groups in total. The molecular weight excluding hydrogens is 652 g/mol. The Morgan fingerprint density at radius 1 is 0.635 bits per heavy atom. The molecule has 52 heavy (non-hydrogen) atoms. The molecule has 276 valence electrons. The van der Waals surface area contributed by atoms with Gasteiger partial charge in [-0.05, 0) is 81.8 Å². The predicted octanol–water partition coefficient (Wildman–Crippen LogP) is 7.47. The summed E-state index contributed by atoms with van der Waals surface area (Å²) < 4.78 is 17.4. The van der Waals surface area contributed by atoms with E-state index in [-0.39, 0.29) is 18.2 Å². The number of nitrogens with one attached hydrogen (secondary N) is 2. The van der Waals surface area contributed by atoms with E-state index in [0.29, 0.717) is 45.4 Å². The summed E-state index contributed by atoms with van der Waals surface area (Å²) in [6.45, 7) is 15.3. The molecule has 0 bridgehead atoms. The summed E-state index contributed by atoms with van der Waals surface area (Å²) in [7, 11) is 0. The van der Waals surface area contributed by atoms with Crippen LogP contribution in [0.5, 0.6) is 11.5 Å². The molecule has 0 amide bonds. The van der Waals surface area contributed by atoms with Crippen LogP contribution >= 0.6 is 0 Å². The van der Waals surface area contributed by atoms with E-state index in [9.17, 15) is 14.7 Å². The third-order valence-electron chi connectivity index (χ3n) is 9.81. The smallest absolute Gasteiger partial charge is 0.327 e. The molecule has 0 aliphatic heterocycles. The molecule has 0 radical (unpaired) electrons. The SMILES string of the molecule is CCOC(=O)C1(NCc2cccc(C)c2OC(C)C)Cc2ccccc2C1.Cc1cccc(CNC2(C(=O)O)Cc3ccccc3C2)c1OC(C)C. The number of esters is 1. The fraction of sp³-hybridized carbons (Fsp3) is 0.409. The largest absolute Gasteiger partial charge is 0.490 e. The lowest BCUT2D eigenvalue weighted by Crippen LogP contribution is -2.53. The Morgan fingerprint density at radius 3 is 1.38 bits per heavy atom. The lowest BCUT2D eigenvalue weighted by molar-refractivity contribution is -0.151. The summed E-state index contributed by atoms with van der Waals surface area (Å²) in [6, 6.07) is 28.3. The van der Waals surface area contributed by atoms with E-state index < -0.39 is 17.0 Å². The number of carboxylic acid groups (broad SMARTS) is 1. The van der Waals surface area contributed by atoms with Crippen molar-refractivity contribution in [1.82, 2.24) is 10.6 Å². The molecule has 0 saturated carbocycles. The van der Waals surface area contributed by atoms with Crippen molar-refractivity contribution >= 4 is 11.9 Å². The number of carboxylic acids is 1. The first-order valence-corrected chi connectivity index (χ1v) is 18.4. The Kier molecular flexibility index (Phi) is 12.4. The van der Waals surface area contributed by atoms with Crippen molar-refractivity contribution in [3.05, 3.63) is 129 Å². The lowest BCUT2D eigenvalue weighted by Gasteiger charge is -2.29. The number of carbonyl (C=O) groups excluding carboxylic acids is 1. The molecule has 8 nitrogen and oxygen atoms in total. The van der Waals surface area contributed by atoms with Gasteiger partial charge < -0.3 is 19.3 Å². The fourth-order valence-corrected chi connectivity index (χ4v) is 7.24. The maximum Gasteiger partial charge on any atom is 0.327 e. The summed E-state index contributed by atoms with van der Waals surface area (Å²) in [5.74, 6) is 0.762. The normalized spacial score (nSPS) is 15.0. The maximum atomic E-state index is 12.9. The van der Waals surface area contributed by atoms with E-state index >= 15 is 0 Å². The van der Waals surface area contributed by atoms with Gasteiger partial charge in [-0.3, -0.25) is 20.2 Å². The van der Waals surface area contributed by atoms with E-state index in [2.05, 4.69) is 28.8 Å². The van der Waals surface area contributed by atoms with Crippen LogP contribution in [-0.2, 0) is 53.1 Å². The van der Waals surface area contributed by atoms with Crippen LogP contribution in [0.15, 0.2) is 84.9 Å². The number of carbonyl (C=O) groups is 2. The molecule has 0 atom stereocenters. The van der Waals surface area contributed by atoms with Gasteiger partial charge in [0.05, 0.1) is 18.8 Å². The van der Waals surface area contributed by atoms with Gasteiger partial charge in [0, 0.05) is 49.9 Å². The highest BCUT2D eigenvalue weighted by Crippen LogP contribution is 2.34. The number of ether oxygens (including phenoxy) is 3. The predicted molar refractivity (Wildman–Crippen MR) is 205 cm³/mol. The van der Waals surface area contributed by atoms with Crippen LogP contribution in [0.3, 0.4) is 0 Å². The number of rotatable bonds is 13. The number of hydrogen-bond acceptors (Lipinski definition) is 7. The number of para-hydroxylation sites is 2. The second kappa shape index (κ2) is 16.8. The average molecular weight is 707 g/mol. The molecule has 0 heterocycles. The minimum Gasteiger partial charge on any atom is -0.490 e. The molecule has 4 aromatic carbocycles. The maximum absolute atomic E-state index is 12.9. The zero-order valence-electron chi connectivity index (χ0n) is 31.7. The Morgan fingerprint density at radius 2 is 1.02 bits per heavy atom. The molecule has 2 aliphatic rings. The average Bonchev–Trinajstić information content (AvgIpc) is 3.69. The van der Waals surface area contributed by atoms with Crippen LogP contribution < -0.4 is 20.1 Å². The van der Waals surface area contributed by atoms with Gasteiger partial charge in [0.2, 0.25) is 0 Å². The number of benzene rings is 4. The Bertz CT molecular complexity index is 1820. The third kappa shape index (κ3) is 8.85. The topological polar surface area (TPSA) is 106 Å². The first kappa shape index (κ1) is 38.6. The van der Waals surface area contributed by atoms with E-state index in [0.717, 1.165) is 44.9 Å². The quantitative estimate of drug-likeness (QED) is 0.123. The van der Waals surface area contributed by atoms with E-state index in [4.69, 9.17) is 14.2 Å². The zero-order chi connectivity index (χ0) is 37.5. The van der Waals surface area contributed by atoms with Crippen molar-refractivity contribution in [2.75, 3.05) is 6.61 Å². The minimum atomic E-state index is -0.956. The van der Waals surface area contributed by atoms with Gasteiger partial charge in [0.1, 0.15) is 22.6 Å². The number of aliphatic carboxylic acids is 1. The molecule has 0 saturated heterocycles. The number of hydrogen-bond donors (Lipinski definition) is 3. The molecule has 0 aromatic heterocycles. The van der Waals surface area contributed by atoms with Gasteiger partial charge in [-0.15, -0.1) is 0 Å². The summed E-state index contributed by atoms with van der Waals surface area (Å²) in [5, 5.41) is 16.7. The molecule has 0 fully saturated rings. The molecule has 0 unspecified atom stereocenters. The second-order valence-electron chi connectivity index (χ2n) is 14.6. The highest BCUT2D eigenvalue weighted by Gasteiger charge is 2.45. The van der Waals surface area contributed by atoms with Gasteiger partial charge in [-0.1, -0.05) is 84.9 Å². The lowest BCUT2D eigenvalue weighted by atomic mass is 9.95. The zero-order valence-corrected chi connectivity index (χ0v) is 31.7. The Hall–Kier alpha value is -4.66. The molecule has 4 aromatic rings. The van der Waals surface area contributed by atoms with Crippen LogP contribution in [0.4, 0.5) is 0 Å². The highest BCUT2D eigenvalue weighted by atomic mass is 16.5. The van der Waals surface area contributed by atoms with Gasteiger partial charge in [0.25, 0.3) is 0 Å².